The van der Waals surface area contributed by atoms with Crippen molar-refractivity contribution in [2.24, 2.45) is 17.3 Å². The van der Waals surface area contributed by atoms with Gasteiger partial charge < -0.3 is 9.47 Å². The zero-order chi connectivity index (χ0) is 21.9. The summed E-state index contributed by atoms with van der Waals surface area (Å²) in [5.41, 5.74) is 4.16. The summed E-state index contributed by atoms with van der Waals surface area (Å²) in [5.74, 6) is -0.885. The van der Waals surface area contributed by atoms with E-state index in [4.69, 9.17) is 9.47 Å². The maximum absolute atomic E-state index is 12.7. The van der Waals surface area contributed by atoms with E-state index in [9.17, 15) is 9.59 Å². The topological polar surface area (TPSA) is 52.6 Å². The van der Waals surface area contributed by atoms with E-state index in [0.29, 0.717) is 0 Å². The Bertz CT molecular complexity index is 941. The molecule has 0 heterocycles. The molecular weight excluding hydrogens is 376 g/mol. The largest absolute Gasteiger partial charge is 0.461 e. The monoisotopic (exact) mass is 406 g/mol. The maximum atomic E-state index is 12.7. The lowest BCUT2D eigenvalue weighted by Gasteiger charge is -2.12. The maximum Gasteiger partial charge on any atom is 0.330 e. The number of ether oxygens (including phenoxy) is 2. The first-order valence-electron chi connectivity index (χ1n) is 10.4. The summed E-state index contributed by atoms with van der Waals surface area (Å²) in [6, 6.07) is 16.2. The summed E-state index contributed by atoms with van der Waals surface area (Å²) >= 11 is 0. The van der Waals surface area contributed by atoms with Crippen LogP contribution in [-0.2, 0) is 25.7 Å². The van der Waals surface area contributed by atoms with Crippen LogP contribution in [0.15, 0.2) is 60.7 Å². The fourth-order valence-electron chi connectivity index (χ4n) is 3.95. The van der Waals surface area contributed by atoms with Crippen LogP contribution in [0.25, 0.3) is 11.1 Å². The SMILES string of the molecule is Cc1c(COC(=O)C2C(C=CC(=O)OC(C)C)C2(C)C)cccc1-c1ccccc1. The highest BCUT2D eigenvalue weighted by Gasteiger charge is 2.61. The highest BCUT2D eigenvalue weighted by Crippen LogP contribution is 2.59. The van der Waals surface area contributed by atoms with Crippen LogP contribution in [0.4, 0.5) is 0 Å². The molecule has 30 heavy (non-hydrogen) atoms. The van der Waals surface area contributed by atoms with Crippen molar-refractivity contribution in [1.82, 2.24) is 0 Å². The molecule has 158 valence electrons. The van der Waals surface area contributed by atoms with Crippen molar-refractivity contribution in [3.05, 3.63) is 71.8 Å². The van der Waals surface area contributed by atoms with Crippen molar-refractivity contribution in [2.45, 2.75) is 47.3 Å². The summed E-state index contributed by atoms with van der Waals surface area (Å²) < 4.78 is 10.8. The number of carbonyl (C=O) groups is 2. The van der Waals surface area contributed by atoms with Crippen molar-refractivity contribution in [1.29, 1.82) is 0 Å². The van der Waals surface area contributed by atoms with Crippen molar-refractivity contribution < 1.29 is 19.1 Å². The minimum absolute atomic E-state index is 0.0264. The molecule has 2 atom stereocenters. The third-order valence-electron chi connectivity index (χ3n) is 5.86. The molecule has 0 bridgehead atoms. The first kappa shape index (κ1) is 21.8. The van der Waals surface area contributed by atoms with E-state index in [1.165, 1.54) is 6.08 Å². The summed E-state index contributed by atoms with van der Waals surface area (Å²) in [7, 11) is 0. The minimum atomic E-state index is -0.381. The molecule has 1 aliphatic rings. The number of benzene rings is 2. The van der Waals surface area contributed by atoms with Crippen LogP contribution in [0.3, 0.4) is 0 Å². The van der Waals surface area contributed by atoms with Gasteiger partial charge in [-0.1, -0.05) is 68.5 Å². The van der Waals surface area contributed by atoms with Gasteiger partial charge >= 0.3 is 11.9 Å². The highest BCUT2D eigenvalue weighted by molar-refractivity contribution is 5.83. The van der Waals surface area contributed by atoms with E-state index in [-0.39, 0.29) is 41.9 Å². The molecule has 0 radical (unpaired) electrons. The van der Waals surface area contributed by atoms with Gasteiger partial charge in [-0.25, -0.2) is 4.79 Å². The number of hydrogen-bond donors (Lipinski definition) is 0. The Kier molecular flexibility index (Phi) is 6.45. The standard InChI is InChI=1S/C26H30O4/c1-17(2)30-23(27)15-14-22-24(26(22,4)5)25(28)29-16-20-12-9-13-21(18(20)3)19-10-7-6-8-11-19/h6-15,17,22,24H,16H2,1-5H3. The van der Waals surface area contributed by atoms with Crippen LogP contribution >= 0.6 is 0 Å². The fourth-order valence-corrected chi connectivity index (χ4v) is 3.95. The molecule has 1 saturated carbocycles. The van der Waals surface area contributed by atoms with E-state index in [2.05, 4.69) is 25.1 Å². The predicted octanol–water partition coefficient (Wildman–Crippen LogP) is 5.49. The summed E-state index contributed by atoms with van der Waals surface area (Å²) in [5, 5.41) is 0. The Labute approximate surface area is 178 Å². The highest BCUT2D eigenvalue weighted by atomic mass is 16.5. The second-order valence-electron chi connectivity index (χ2n) is 8.73. The lowest BCUT2D eigenvalue weighted by atomic mass is 9.97. The molecule has 0 N–H and O–H groups in total. The Balaban J connectivity index is 1.64. The van der Waals surface area contributed by atoms with Gasteiger partial charge in [-0.15, -0.1) is 0 Å². The molecule has 1 aliphatic carbocycles. The minimum Gasteiger partial charge on any atom is -0.461 e. The van der Waals surface area contributed by atoms with Crippen molar-refractivity contribution >= 4 is 11.9 Å². The quantitative estimate of drug-likeness (QED) is 0.451. The molecule has 4 nitrogen and oxygen atoms in total. The molecule has 0 saturated heterocycles. The molecule has 0 aromatic heterocycles. The van der Waals surface area contributed by atoms with Gasteiger partial charge in [0.25, 0.3) is 0 Å². The summed E-state index contributed by atoms with van der Waals surface area (Å²) in [6.07, 6.45) is 3.04. The average molecular weight is 407 g/mol. The second-order valence-corrected chi connectivity index (χ2v) is 8.73. The predicted molar refractivity (Wildman–Crippen MR) is 118 cm³/mol. The fraction of sp³-hybridized carbons (Fsp3) is 0.385. The van der Waals surface area contributed by atoms with Crippen molar-refractivity contribution in [2.75, 3.05) is 0 Å². The Morgan fingerprint density at radius 1 is 1.07 bits per heavy atom. The first-order valence-corrected chi connectivity index (χ1v) is 10.4. The molecule has 4 heteroatoms. The van der Waals surface area contributed by atoms with E-state index in [0.717, 1.165) is 22.3 Å². The number of esters is 2. The molecule has 0 spiro atoms. The van der Waals surface area contributed by atoms with E-state index >= 15 is 0 Å². The van der Waals surface area contributed by atoms with E-state index in [1.807, 2.05) is 58.0 Å². The molecule has 3 rings (SSSR count). The van der Waals surface area contributed by atoms with Gasteiger partial charge in [-0.3, -0.25) is 4.79 Å². The average Bonchev–Trinajstić information content (AvgIpc) is 3.26. The molecule has 0 aliphatic heterocycles. The van der Waals surface area contributed by atoms with Crippen LogP contribution in [0.2, 0.25) is 0 Å². The third-order valence-corrected chi connectivity index (χ3v) is 5.86. The van der Waals surface area contributed by atoms with E-state index < -0.39 is 0 Å². The van der Waals surface area contributed by atoms with Crippen LogP contribution < -0.4 is 0 Å². The van der Waals surface area contributed by atoms with Gasteiger partial charge in [0.05, 0.1) is 12.0 Å². The molecule has 2 unspecified atom stereocenters. The van der Waals surface area contributed by atoms with Gasteiger partial charge in [0.15, 0.2) is 0 Å². The number of allylic oxidation sites excluding steroid dienone is 1. The Morgan fingerprint density at radius 2 is 1.77 bits per heavy atom. The zero-order valence-corrected chi connectivity index (χ0v) is 18.3. The van der Waals surface area contributed by atoms with Crippen LogP contribution in [0, 0.1) is 24.2 Å². The van der Waals surface area contributed by atoms with Crippen LogP contribution in [0.1, 0.15) is 38.8 Å². The number of hydrogen-bond acceptors (Lipinski definition) is 4. The zero-order valence-electron chi connectivity index (χ0n) is 18.3. The summed E-state index contributed by atoms with van der Waals surface area (Å²) in [4.78, 5) is 24.5. The van der Waals surface area contributed by atoms with Crippen molar-refractivity contribution in [3.63, 3.8) is 0 Å². The lowest BCUT2D eigenvalue weighted by molar-refractivity contribution is -0.147. The molecule has 1 fully saturated rings. The third kappa shape index (κ3) is 4.81. The van der Waals surface area contributed by atoms with Crippen LogP contribution in [0.5, 0.6) is 0 Å². The Hall–Kier alpha value is -2.88. The van der Waals surface area contributed by atoms with Gasteiger partial charge in [-0.2, -0.15) is 0 Å². The Morgan fingerprint density at radius 3 is 2.43 bits per heavy atom. The van der Waals surface area contributed by atoms with Gasteiger partial charge in [-0.05, 0) is 54.4 Å². The second kappa shape index (κ2) is 8.86. The molecule has 0 amide bonds. The molecule has 2 aromatic rings. The van der Waals surface area contributed by atoms with Gasteiger partial charge in [0.1, 0.15) is 6.61 Å². The smallest absolute Gasteiger partial charge is 0.330 e. The number of carbonyl (C=O) groups excluding carboxylic acids is 2. The normalized spacial score (nSPS) is 19.7. The van der Waals surface area contributed by atoms with Gasteiger partial charge in [0, 0.05) is 6.08 Å². The summed E-state index contributed by atoms with van der Waals surface area (Å²) in [6.45, 7) is 9.94. The van der Waals surface area contributed by atoms with Crippen LogP contribution in [-0.4, -0.2) is 18.0 Å². The molecular formula is C26H30O4. The first-order chi connectivity index (χ1) is 14.2. The van der Waals surface area contributed by atoms with Gasteiger partial charge in [0.2, 0.25) is 0 Å². The van der Waals surface area contributed by atoms with Crippen molar-refractivity contribution in [3.8, 4) is 11.1 Å². The molecule has 2 aromatic carbocycles. The lowest BCUT2D eigenvalue weighted by Crippen LogP contribution is -2.11. The number of rotatable bonds is 7. The van der Waals surface area contributed by atoms with E-state index in [1.54, 1.807) is 6.08 Å².